The van der Waals surface area contributed by atoms with E-state index in [0.717, 1.165) is 42.9 Å². The van der Waals surface area contributed by atoms with Crippen molar-refractivity contribution in [1.29, 1.82) is 0 Å². The van der Waals surface area contributed by atoms with Crippen LogP contribution in [0.3, 0.4) is 0 Å². The Kier molecular flexibility index (Phi) is 5.43. The largest absolute Gasteiger partial charge is 0.351 e. The highest BCUT2D eigenvalue weighted by atomic mass is 15.3. The first-order valence-electron chi connectivity index (χ1n) is 9.66. The van der Waals surface area contributed by atoms with E-state index in [1.54, 1.807) is 12.4 Å². The highest BCUT2D eigenvalue weighted by Crippen LogP contribution is 2.24. The number of hydrogen-bond acceptors (Lipinski definition) is 7. The maximum atomic E-state index is 6.00. The zero-order valence-corrected chi connectivity index (χ0v) is 16.0. The molecule has 0 aliphatic heterocycles. The van der Waals surface area contributed by atoms with E-state index in [-0.39, 0.29) is 0 Å². The molecule has 3 N–H and O–H groups in total. The second kappa shape index (κ2) is 8.31. The summed E-state index contributed by atoms with van der Waals surface area (Å²) in [6, 6.07) is 14.4. The molecule has 1 fully saturated rings. The van der Waals surface area contributed by atoms with Gasteiger partial charge in [-0.3, -0.25) is 0 Å². The first-order chi connectivity index (χ1) is 13.7. The fraction of sp³-hybridized carbons (Fsp3) is 0.333. The number of nitrogens with two attached hydrogens (primary N) is 1. The molecule has 1 aliphatic carbocycles. The van der Waals surface area contributed by atoms with Crippen LogP contribution in [0.2, 0.25) is 0 Å². The van der Waals surface area contributed by atoms with E-state index in [1.807, 2.05) is 54.4 Å². The van der Waals surface area contributed by atoms with E-state index >= 15 is 0 Å². The molecular formula is C21H25N7. The van der Waals surface area contributed by atoms with Crippen LogP contribution < -0.4 is 16.0 Å². The van der Waals surface area contributed by atoms with Crippen LogP contribution in [0.4, 0.5) is 17.6 Å². The fourth-order valence-electron chi connectivity index (χ4n) is 3.43. The van der Waals surface area contributed by atoms with Gasteiger partial charge >= 0.3 is 0 Å². The minimum absolute atomic E-state index is 0.327. The number of hydrogen-bond donors (Lipinski definition) is 2. The molecule has 1 aromatic carbocycles. The molecule has 28 heavy (non-hydrogen) atoms. The van der Waals surface area contributed by atoms with E-state index in [2.05, 4.69) is 20.3 Å². The number of aromatic nitrogens is 4. The van der Waals surface area contributed by atoms with Crippen LogP contribution in [0, 0.1) is 0 Å². The summed E-state index contributed by atoms with van der Waals surface area (Å²) in [5.74, 6) is 2.89. The van der Waals surface area contributed by atoms with Crippen LogP contribution in [0.5, 0.6) is 0 Å². The molecule has 0 spiro atoms. The fourth-order valence-corrected chi connectivity index (χ4v) is 3.43. The van der Waals surface area contributed by atoms with Crippen molar-refractivity contribution in [2.45, 2.75) is 37.8 Å². The van der Waals surface area contributed by atoms with Gasteiger partial charge in [-0.15, -0.1) is 0 Å². The lowest BCUT2D eigenvalue weighted by molar-refractivity contribution is 0.410. The van der Waals surface area contributed by atoms with Crippen molar-refractivity contribution in [1.82, 2.24) is 19.9 Å². The van der Waals surface area contributed by atoms with E-state index in [9.17, 15) is 0 Å². The maximum Gasteiger partial charge on any atom is 0.224 e. The molecule has 0 saturated heterocycles. The zero-order chi connectivity index (χ0) is 19.3. The summed E-state index contributed by atoms with van der Waals surface area (Å²) < 4.78 is 0. The highest BCUT2D eigenvalue weighted by Gasteiger charge is 2.19. The van der Waals surface area contributed by atoms with Gasteiger partial charge in [-0.25, -0.2) is 15.0 Å². The van der Waals surface area contributed by atoms with Gasteiger partial charge in [0.2, 0.25) is 5.95 Å². The Labute approximate surface area is 165 Å². The molecule has 2 aromatic heterocycles. The number of benzene rings is 1. The van der Waals surface area contributed by atoms with Crippen LogP contribution in [-0.4, -0.2) is 39.1 Å². The van der Waals surface area contributed by atoms with Gasteiger partial charge in [0, 0.05) is 37.1 Å². The van der Waals surface area contributed by atoms with Gasteiger partial charge in [0.1, 0.15) is 11.6 Å². The molecule has 3 aromatic rings. The first-order valence-corrected chi connectivity index (χ1v) is 9.66. The van der Waals surface area contributed by atoms with Crippen LogP contribution in [0.25, 0.3) is 11.4 Å². The third-order valence-electron chi connectivity index (χ3n) is 5.11. The summed E-state index contributed by atoms with van der Waals surface area (Å²) in [6.07, 6.45) is 7.73. The van der Waals surface area contributed by atoms with Crippen molar-refractivity contribution >= 4 is 17.6 Å². The highest BCUT2D eigenvalue weighted by molar-refractivity contribution is 5.61. The molecule has 7 heteroatoms. The predicted molar refractivity (Wildman–Crippen MR) is 111 cm³/mol. The van der Waals surface area contributed by atoms with Gasteiger partial charge in [0.25, 0.3) is 0 Å². The molecule has 0 unspecified atom stereocenters. The molecule has 1 aliphatic rings. The Morgan fingerprint density at radius 1 is 0.893 bits per heavy atom. The molecule has 0 bridgehead atoms. The van der Waals surface area contributed by atoms with E-state index < -0.39 is 0 Å². The Hall–Kier alpha value is -3.06. The van der Waals surface area contributed by atoms with Crippen LogP contribution >= 0.6 is 0 Å². The maximum absolute atomic E-state index is 6.00. The average molecular weight is 375 g/mol. The van der Waals surface area contributed by atoms with Crippen molar-refractivity contribution in [2.24, 2.45) is 5.73 Å². The van der Waals surface area contributed by atoms with Crippen LogP contribution in [-0.2, 0) is 0 Å². The molecule has 2 heterocycles. The molecule has 0 atom stereocenters. The van der Waals surface area contributed by atoms with Gasteiger partial charge in [0.05, 0.1) is 0 Å². The Bertz CT molecular complexity index is 907. The molecular weight excluding hydrogens is 350 g/mol. The monoisotopic (exact) mass is 375 g/mol. The summed E-state index contributed by atoms with van der Waals surface area (Å²) in [7, 11) is 1.95. The number of nitrogens with zero attached hydrogens (tertiary/aromatic N) is 5. The lowest BCUT2D eigenvalue weighted by Crippen LogP contribution is -2.33. The molecule has 0 radical (unpaired) electrons. The van der Waals surface area contributed by atoms with Gasteiger partial charge < -0.3 is 16.0 Å². The molecule has 144 valence electrons. The molecule has 4 rings (SSSR count). The van der Waals surface area contributed by atoms with E-state index in [4.69, 9.17) is 10.7 Å². The summed E-state index contributed by atoms with van der Waals surface area (Å²) in [5.41, 5.74) is 6.98. The molecule has 1 saturated carbocycles. The van der Waals surface area contributed by atoms with Crippen molar-refractivity contribution in [3.05, 3.63) is 54.9 Å². The van der Waals surface area contributed by atoms with Crippen molar-refractivity contribution in [2.75, 3.05) is 17.3 Å². The van der Waals surface area contributed by atoms with Gasteiger partial charge in [-0.2, -0.15) is 4.98 Å². The Balaban J connectivity index is 1.51. The minimum Gasteiger partial charge on any atom is -0.351 e. The second-order valence-corrected chi connectivity index (χ2v) is 7.16. The molecule has 0 amide bonds. The SMILES string of the molecule is CN(c1ccnc(NC2CCC(N)CC2)n1)c1ccnc(-c2ccccc2)n1. The minimum atomic E-state index is 0.327. The topological polar surface area (TPSA) is 92.9 Å². The number of anilines is 3. The lowest BCUT2D eigenvalue weighted by atomic mass is 9.92. The average Bonchev–Trinajstić information content (AvgIpc) is 2.76. The normalized spacial score (nSPS) is 19.2. The summed E-state index contributed by atoms with van der Waals surface area (Å²) in [4.78, 5) is 20.1. The van der Waals surface area contributed by atoms with Crippen LogP contribution in [0.1, 0.15) is 25.7 Å². The number of nitrogens with one attached hydrogen (secondary N) is 1. The number of rotatable bonds is 5. The van der Waals surface area contributed by atoms with Gasteiger partial charge in [0.15, 0.2) is 5.82 Å². The lowest BCUT2D eigenvalue weighted by Gasteiger charge is -2.27. The van der Waals surface area contributed by atoms with Gasteiger partial charge in [-0.05, 0) is 37.8 Å². The second-order valence-electron chi connectivity index (χ2n) is 7.16. The van der Waals surface area contributed by atoms with E-state index in [0.29, 0.717) is 23.9 Å². The van der Waals surface area contributed by atoms with Gasteiger partial charge in [-0.1, -0.05) is 30.3 Å². The van der Waals surface area contributed by atoms with Crippen molar-refractivity contribution < 1.29 is 0 Å². The summed E-state index contributed by atoms with van der Waals surface area (Å²) in [6.45, 7) is 0. The third-order valence-corrected chi connectivity index (χ3v) is 5.11. The predicted octanol–water partition coefficient (Wildman–Crippen LogP) is 3.38. The Morgan fingerprint density at radius 3 is 2.32 bits per heavy atom. The Morgan fingerprint density at radius 2 is 1.57 bits per heavy atom. The van der Waals surface area contributed by atoms with Crippen molar-refractivity contribution in [3.63, 3.8) is 0 Å². The molecule has 7 nitrogen and oxygen atoms in total. The van der Waals surface area contributed by atoms with Crippen molar-refractivity contribution in [3.8, 4) is 11.4 Å². The summed E-state index contributed by atoms with van der Waals surface area (Å²) in [5, 5.41) is 3.45. The standard InChI is InChI=1S/C21H25N7/c1-28(18-11-13-23-20(26-18)15-5-3-2-4-6-15)19-12-14-24-21(27-19)25-17-9-7-16(22)8-10-17/h2-6,11-14,16-17H,7-10,22H2,1H3,(H,24,25,27). The summed E-state index contributed by atoms with van der Waals surface area (Å²) >= 11 is 0. The van der Waals surface area contributed by atoms with E-state index in [1.165, 1.54) is 0 Å². The smallest absolute Gasteiger partial charge is 0.224 e. The third kappa shape index (κ3) is 4.26. The first kappa shape index (κ1) is 18.3. The zero-order valence-electron chi connectivity index (χ0n) is 16.0. The quantitative estimate of drug-likeness (QED) is 0.706. The van der Waals surface area contributed by atoms with Crippen LogP contribution in [0.15, 0.2) is 54.9 Å².